The lowest BCUT2D eigenvalue weighted by Gasteiger charge is -2.10. The first-order valence-corrected chi connectivity index (χ1v) is 3.93. The Morgan fingerprint density at radius 2 is 1.77 bits per heavy atom. The van der Waals surface area contributed by atoms with Crippen LogP contribution in [0.4, 0.5) is 0 Å². The van der Waals surface area contributed by atoms with Crippen molar-refractivity contribution in [2.45, 2.75) is 6.92 Å². The van der Waals surface area contributed by atoms with Gasteiger partial charge in [-0.25, -0.2) is 0 Å². The molecule has 0 aliphatic heterocycles. The number of hydrogen-bond donors (Lipinski definition) is 0. The van der Waals surface area contributed by atoms with Crippen LogP contribution in [-0.4, -0.2) is 11.8 Å². The van der Waals surface area contributed by atoms with E-state index in [0.29, 0.717) is 5.56 Å². The van der Waals surface area contributed by atoms with Gasteiger partial charge in [-0.05, 0) is 6.92 Å². The largest absolute Gasteiger partial charge is 0.549 e. The third-order valence-corrected chi connectivity index (χ3v) is 1.81. The monoisotopic (exact) mass is 177 g/mol. The third kappa shape index (κ3) is 2.15. The minimum atomic E-state index is -1.34. The summed E-state index contributed by atoms with van der Waals surface area (Å²) in [4.78, 5) is 21.7. The molecule has 1 aromatic rings. The predicted molar refractivity (Wildman–Crippen MR) is 44.9 cm³/mol. The van der Waals surface area contributed by atoms with Gasteiger partial charge in [-0.1, -0.05) is 30.3 Å². The van der Waals surface area contributed by atoms with Gasteiger partial charge in [-0.3, -0.25) is 4.79 Å². The molecular formula is C10H9O3-. The number of carboxylic acids is 1. The second-order valence-electron chi connectivity index (χ2n) is 2.77. The molecule has 0 heterocycles. The maximum atomic E-state index is 11.4. The van der Waals surface area contributed by atoms with Gasteiger partial charge in [-0.2, -0.15) is 0 Å². The van der Waals surface area contributed by atoms with E-state index < -0.39 is 17.7 Å². The van der Waals surface area contributed by atoms with Gasteiger partial charge in [0.05, 0.1) is 11.9 Å². The number of carbonyl (C=O) groups is 2. The summed E-state index contributed by atoms with van der Waals surface area (Å²) in [5.74, 6) is -2.84. The van der Waals surface area contributed by atoms with Crippen LogP contribution in [0, 0.1) is 5.92 Å². The molecule has 1 aromatic carbocycles. The van der Waals surface area contributed by atoms with Gasteiger partial charge in [0, 0.05) is 5.56 Å². The van der Waals surface area contributed by atoms with Crippen molar-refractivity contribution >= 4 is 11.8 Å². The van der Waals surface area contributed by atoms with Gasteiger partial charge in [0.15, 0.2) is 5.78 Å². The average Bonchev–Trinajstić information content (AvgIpc) is 2.17. The molecule has 0 N–H and O–H groups in total. The Hall–Kier alpha value is -1.64. The molecular weight excluding hydrogens is 168 g/mol. The van der Waals surface area contributed by atoms with Crippen molar-refractivity contribution in [2.75, 3.05) is 0 Å². The number of rotatable bonds is 3. The van der Waals surface area contributed by atoms with Crippen molar-refractivity contribution < 1.29 is 14.7 Å². The highest BCUT2D eigenvalue weighted by Crippen LogP contribution is 2.07. The van der Waals surface area contributed by atoms with Gasteiger partial charge < -0.3 is 9.90 Å². The predicted octanol–water partition coefficient (Wildman–Crippen LogP) is 0.255. The van der Waals surface area contributed by atoms with Crippen LogP contribution in [0.3, 0.4) is 0 Å². The lowest BCUT2D eigenvalue weighted by molar-refractivity contribution is -0.308. The van der Waals surface area contributed by atoms with Gasteiger partial charge in [-0.15, -0.1) is 0 Å². The molecule has 0 amide bonds. The highest BCUT2D eigenvalue weighted by Gasteiger charge is 2.14. The summed E-state index contributed by atoms with van der Waals surface area (Å²) in [6.45, 7) is 1.32. The lowest BCUT2D eigenvalue weighted by Crippen LogP contribution is -2.34. The first-order valence-electron chi connectivity index (χ1n) is 3.93. The fourth-order valence-electron chi connectivity index (χ4n) is 0.959. The molecule has 0 fully saturated rings. The summed E-state index contributed by atoms with van der Waals surface area (Å²) < 4.78 is 0. The zero-order chi connectivity index (χ0) is 9.84. The molecule has 1 rings (SSSR count). The van der Waals surface area contributed by atoms with Crippen LogP contribution < -0.4 is 5.11 Å². The minimum Gasteiger partial charge on any atom is -0.549 e. The molecule has 0 saturated heterocycles. The maximum Gasteiger partial charge on any atom is 0.171 e. The molecule has 0 aliphatic rings. The van der Waals surface area contributed by atoms with Crippen LogP contribution in [0.5, 0.6) is 0 Å². The summed E-state index contributed by atoms with van der Waals surface area (Å²) in [6, 6.07) is 8.31. The van der Waals surface area contributed by atoms with Gasteiger partial charge in [0.2, 0.25) is 0 Å². The van der Waals surface area contributed by atoms with Crippen LogP contribution >= 0.6 is 0 Å². The topological polar surface area (TPSA) is 57.2 Å². The fraction of sp³-hybridized carbons (Fsp3) is 0.200. The van der Waals surface area contributed by atoms with Crippen molar-refractivity contribution in [3.63, 3.8) is 0 Å². The Kier molecular flexibility index (Phi) is 2.80. The molecule has 0 saturated carbocycles. The molecule has 0 aromatic heterocycles. The Labute approximate surface area is 76.0 Å². The van der Waals surface area contributed by atoms with E-state index in [2.05, 4.69) is 0 Å². The van der Waals surface area contributed by atoms with Crippen LogP contribution in [0.1, 0.15) is 17.3 Å². The number of aliphatic carboxylic acids is 1. The van der Waals surface area contributed by atoms with Crippen molar-refractivity contribution in [2.24, 2.45) is 5.92 Å². The smallest absolute Gasteiger partial charge is 0.171 e. The van der Waals surface area contributed by atoms with Crippen molar-refractivity contribution in [3.05, 3.63) is 35.9 Å². The quantitative estimate of drug-likeness (QED) is 0.491. The van der Waals surface area contributed by atoms with E-state index >= 15 is 0 Å². The van der Waals surface area contributed by atoms with E-state index in [1.165, 1.54) is 6.92 Å². The Balaban J connectivity index is 2.86. The number of hydrogen-bond acceptors (Lipinski definition) is 3. The molecule has 0 spiro atoms. The Morgan fingerprint density at radius 1 is 1.23 bits per heavy atom. The van der Waals surface area contributed by atoms with Crippen molar-refractivity contribution in [1.82, 2.24) is 0 Å². The normalized spacial score (nSPS) is 12.1. The number of benzene rings is 1. The average molecular weight is 177 g/mol. The van der Waals surface area contributed by atoms with E-state index in [-0.39, 0.29) is 0 Å². The number of carboxylic acid groups (broad SMARTS) is 1. The summed E-state index contributed by atoms with van der Waals surface area (Å²) in [7, 11) is 0. The molecule has 0 bridgehead atoms. The summed E-state index contributed by atoms with van der Waals surface area (Å²) in [5.41, 5.74) is 0.402. The van der Waals surface area contributed by atoms with E-state index in [0.717, 1.165) is 0 Å². The van der Waals surface area contributed by atoms with Gasteiger partial charge in [0.1, 0.15) is 0 Å². The standard InChI is InChI=1S/C10H10O3/c1-7(10(12)13)9(11)8-5-3-2-4-6-8/h2-7H,1H3,(H,12,13)/p-1. The molecule has 0 aliphatic carbocycles. The number of Topliss-reactive ketones (excluding diaryl/α,β-unsaturated/α-hetero) is 1. The molecule has 0 radical (unpaired) electrons. The third-order valence-electron chi connectivity index (χ3n) is 1.81. The van der Waals surface area contributed by atoms with Crippen molar-refractivity contribution in [1.29, 1.82) is 0 Å². The van der Waals surface area contributed by atoms with Crippen LogP contribution in [0.2, 0.25) is 0 Å². The summed E-state index contributed by atoms with van der Waals surface area (Å²) >= 11 is 0. The SMILES string of the molecule is CC(C(=O)[O-])C(=O)c1ccccc1. The minimum absolute atomic E-state index is 0.402. The zero-order valence-corrected chi connectivity index (χ0v) is 7.19. The van der Waals surface area contributed by atoms with Crippen molar-refractivity contribution in [3.8, 4) is 0 Å². The molecule has 1 unspecified atom stereocenters. The molecule has 13 heavy (non-hydrogen) atoms. The van der Waals surface area contributed by atoms with Crippen LogP contribution in [-0.2, 0) is 4.79 Å². The second kappa shape index (κ2) is 3.85. The summed E-state index contributed by atoms with van der Waals surface area (Å²) in [6.07, 6.45) is 0. The second-order valence-corrected chi connectivity index (χ2v) is 2.77. The molecule has 68 valence electrons. The Morgan fingerprint density at radius 3 is 2.23 bits per heavy atom. The van der Waals surface area contributed by atoms with Gasteiger partial charge in [0.25, 0.3) is 0 Å². The van der Waals surface area contributed by atoms with Crippen LogP contribution in [0.25, 0.3) is 0 Å². The number of carbonyl (C=O) groups excluding carboxylic acids is 2. The first-order chi connectivity index (χ1) is 6.13. The Bertz CT molecular complexity index is 316. The van der Waals surface area contributed by atoms with E-state index in [1.54, 1.807) is 30.3 Å². The zero-order valence-electron chi connectivity index (χ0n) is 7.19. The molecule has 3 nitrogen and oxygen atoms in total. The van der Waals surface area contributed by atoms with E-state index in [9.17, 15) is 14.7 Å². The molecule has 3 heteroatoms. The first kappa shape index (κ1) is 9.45. The van der Waals surface area contributed by atoms with E-state index in [1.807, 2.05) is 0 Å². The van der Waals surface area contributed by atoms with Gasteiger partial charge >= 0.3 is 0 Å². The maximum absolute atomic E-state index is 11.4. The number of ketones is 1. The van der Waals surface area contributed by atoms with Crippen LogP contribution in [0.15, 0.2) is 30.3 Å². The highest BCUT2D eigenvalue weighted by atomic mass is 16.4. The molecule has 1 atom stereocenters. The van der Waals surface area contributed by atoms with E-state index in [4.69, 9.17) is 0 Å². The summed E-state index contributed by atoms with van der Waals surface area (Å²) in [5, 5.41) is 10.4. The lowest BCUT2D eigenvalue weighted by atomic mass is 10.00. The highest BCUT2D eigenvalue weighted by molar-refractivity contribution is 6.07. The fourth-order valence-corrected chi connectivity index (χ4v) is 0.959.